The molecular formula is C7H15N5O. The van der Waals surface area contributed by atoms with Crippen LogP contribution < -0.4 is 5.73 Å². The molecule has 0 unspecified atom stereocenters. The monoisotopic (exact) mass is 185 g/mol. The van der Waals surface area contributed by atoms with Crippen LogP contribution >= 0.6 is 0 Å². The molecule has 1 heterocycles. The van der Waals surface area contributed by atoms with Crippen LogP contribution in [0.1, 0.15) is 12.2 Å². The molecule has 0 amide bonds. The Balaban J connectivity index is 2.45. The van der Waals surface area contributed by atoms with Crippen LogP contribution in [0.4, 0.5) is 0 Å². The lowest BCUT2D eigenvalue weighted by molar-refractivity contribution is 0.181. The average Bonchev–Trinajstić information content (AvgIpc) is 2.59. The van der Waals surface area contributed by atoms with Gasteiger partial charge in [0.05, 0.1) is 13.2 Å². The van der Waals surface area contributed by atoms with E-state index in [1.54, 1.807) is 11.8 Å². The minimum Gasteiger partial charge on any atom is -0.383 e. The van der Waals surface area contributed by atoms with Crippen LogP contribution in [0.3, 0.4) is 0 Å². The Morgan fingerprint density at radius 3 is 3.08 bits per heavy atom. The number of rotatable bonds is 6. The van der Waals surface area contributed by atoms with Crippen molar-refractivity contribution in [3.63, 3.8) is 0 Å². The van der Waals surface area contributed by atoms with Crippen LogP contribution in [0.15, 0.2) is 0 Å². The van der Waals surface area contributed by atoms with E-state index >= 15 is 0 Å². The van der Waals surface area contributed by atoms with E-state index in [9.17, 15) is 0 Å². The smallest absolute Gasteiger partial charge is 0.151 e. The number of nitrogens with zero attached hydrogens (tertiary/aromatic N) is 4. The van der Waals surface area contributed by atoms with Crippen molar-refractivity contribution in [1.29, 1.82) is 0 Å². The third kappa shape index (κ3) is 3.08. The van der Waals surface area contributed by atoms with Gasteiger partial charge in [-0.05, 0) is 23.4 Å². The van der Waals surface area contributed by atoms with E-state index < -0.39 is 0 Å². The number of aromatic nitrogens is 4. The minimum absolute atomic E-state index is 0.626. The maximum atomic E-state index is 5.39. The Labute approximate surface area is 77.1 Å². The van der Waals surface area contributed by atoms with Crippen LogP contribution in [0, 0.1) is 0 Å². The number of hydrogen-bond acceptors (Lipinski definition) is 5. The van der Waals surface area contributed by atoms with Gasteiger partial charge in [0.1, 0.15) is 0 Å². The van der Waals surface area contributed by atoms with Crippen LogP contribution in [-0.2, 0) is 17.7 Å². The molecule has 1 rings (SSSR count). The second-order valence-corrected chi connectivity index (χ2v) is 2.70. The number of tetrazole rings is 1. The first-order valence-corrected chi connectivity index (χ1v) is 4.32. The van der Waals surface area contributed by atoms with E-state index in [-0.39, 0.29) is 0 Å². The van der Waals surface area contributed by atoms with Crippen molar-refractivity contribution in [1.82, 2.24) is 20.2 Å². The van der Waals surface area contributed by atoms with E-state index in [1.807, 2.05) is 0 Å². The molecule has 0 radical (unpaired) electrons. The van der Waals surface area contributed by atoms with Crippen molar-refractivity contribution < 1.29 is 4.74 Å². The largest absolute Gasteiger partial charge is 0.383 e. The lowest BCUT2D eigenvalue weighted by atomic mass is 10.3. The molecule has 1 aromatic rings. The summed E-state index contributed by atoms with van der Waals surface area (Å²) in [4.78, 5) is 0. The van der Waals surface area contributed by atoms with Gasteiger partial charge in [-0.3, -0.25) is 0 Å². The van der Waals surface area contributed by atoms with Gasteiger partial charge in [-0.2, -0.15) is 0 Å². The molecular weight excluding hydrogens is 170 g/mol. The highest BCUT2D eigenvalue weighted by atomic mass is 16.5. The lowest BCUT2D eigenvalue weighted by Gasteiger charge is -2.02. The molecule has 0 fully saturated rings. The molecule has 1 aromatic heterocycles. The van der Waals surface area contributed by atoms with Gasteiger partial charge in [0.25, 0.3) is 0 Å². The van der Waals surface area contributed by atoms with Gasteiger partial charge in [0.15, 0.2) is 5.82 Å². The molecule has 0 bridgehead atoms. The molecule has 0 aliphatic carbocycles. The number of methoxy groups -OCH3 is 1. The average molecular weight is 185 g/mol. The van der Waals surface area contributed by atoms with E-state index in [1.165, 1.54) is 0 Å². The van der Waals surface area contributed by atoms with E-state index in [2.05, 4.69) is 15.5 Å². The normalized spacial score (nSPS) is 10.6. The van der Waals surface area contributed by atoms with Gasteiger partial charge in [0, 0.05) is 13.5 Å². The minimum atomic E-state index is 0.626. The fourth-order valence-electron chi connectivity index (χ4n) is 1.01. The summed E-state index contributed by atoms with van der Waals surface area (Å²) in [5, 5.41) is 11.3. The summed E-state index contributed by atoms with van der Waals surface area (Å²) in [5.41, 5.74) is 5.39. The number of hydrogen-bond donors (Lipinski definition) is 1. The van der Waals surface area contributed by atoms with Crippen molar-refractivity contribution >= 4 is 0 Å². The SMILES string of the molecule is COCCn1nnnc1CCCN. The third-order valence-electron chi connectivity index (χ3n) is 1.72. The fourth-order valence-corrected chi connectivity index (χ4v) is 1.01. The Bertz CT molecular complexity index is 214. The first-order chi connectivity index (χ1) is 6.38. The fraction of sp³-hybridized carbons (Fsp3) is 0.857. The first-order valence-electron chi connectivity index (χ1n) is 4.32. The summed E-state index contributed by atoms with van der Waals surface area (Å²) in [6.07, 6.45) is 1.74. The van der Waals surface area contributed by atoms with E-state index in [4.69, 9.17) is 10.5 Å². The zero-order chi connectivity index (χ0) is 9.52. The summed E-state index contributed by atoms with van der Waals surface area (Å²) in [7, 11) is 1.66. The number of aryl methyl sites for hydroxylation is 1. The van der Waals surface area contributed by atoms with Crippen LogP contribution in [0.5, 0.6) is 0 Å². The molecule has 2 N–H and O–H groups in total. The third-order valence-corrected chi connectivity index (χ3v) is 1.72. The summed E-state index contributed by atoms with van der Waals surface area (Å²) in [6.45, 7) is 1.99. The maximum Gasteiger partial charge on any atom is 0.151 e. The number of ether oxygens (including phenoxy) is 1. The predicted molar refractivity (Wildman–Crippen MR) is 47.1 cm³/mol. The van der Waals surface area contributed by atoms with E-state index in [0.717, 1.165) is 18.7 Å². The molecule has 0 saturated carbocycles. The van der Waals surface area contributed by atoms with Gasteiger partial charge < -0.3 is 10.5 Å². The Morgan fingerprint density at radius 1 is 1.54 bits per heavy atom. The van der Waals surface area contributed by atoms with Crippen molar-refractivity contribution in [2.45, 2.75) is 19.4 Å². The zero-order valence-electron chi connectivity index (χ0n) is 7.81. The van der Waals surface area contributed by atoms with E-state index in [0.29, 0.717) is 19.7 Å². The molecule has 6 heteroatoms. The second-order valence-electron chi connectivity index (χ2n) is 2.70. The Morgan fingerprint density at radius 2 is 2.38 bits per heavy atom. The van der Waals surface area contributed by atoms with Crippen molar-refractivity contribution in [2.24, 2.45) is 5.73 Å². The quantitative estimate of drug-likeness (QED) is 0.628. The van der Waals surface area contributed by atoms with Crippen LogP contribution in [0.25, 0.3) is 0 Å². The van der Waals surface area contributed by atoms with Crippen LogP contribution in [-0.4, -0.2) is 40.5 Å². The Kier molecular flexibility index (Phi) is 4.34. The summed E-state index contributed by atoms with van der Waals surface area (Å²) in [6, 6.07) is 0. The molecule has 74 valence electrons. The van der Waals surface area contributed by atoms with Gasteiger partial charge >= 0.3 is 0 Å². The van der Waals surface area contributed by atoms with Gasteiger partial charge in [0.2, 0.25) is 0 Å². The summed E-state index contributed by atoms with van der Waals surface area (Å²) < 4.78 is 6.68. The second kappa shape index (κ2) is 5.60. The Hall–Kier alpha value is -1.01. The highest BCUT2D eigenvalue weighted by Crippen LogP contribution is 1.96. The topological polar surface area (TPSA) is 78.8 Å². The molecule has 0 spiro atoms. The zero-order valence-corrected chi connectivity index (χ0v) is 7.81. The first kappa shape index (κ1) is 10.1. The predicted octanol–water partition coefficient (Wildman–Crippen LogP) is -0.789. The standard InChI is InChI=1S/C7H15N5O/c1-13-6-5-12-7(3-2-4-8)9-10-11-12/h2-6,8H2,1H3. The van der Waals surface area contributed by atoms with Gasteiger partial charge in [-0.15, -0.1) is 5.10 Å². The highest BCUT2D eigenvalue weighted by molar-refractivity contribution is 4.80. The van der Waals surface area contributed by atoms with Crippen molar-refractivity contribution in [2.75, 3.05) is 20.3 Å². The molecule has 0 saturated heterocycles. The molecule has 13 heavy (non-hydrogen) atoms. The van der Waals surface area contributed by atoms with Crippen molar-refractivity contribution in [3.8, 4) is 0 Å². The molecule has 0 aromatic carbocycles. The molecule has 6 nitrogen and oxygen atoms in total. The summed E-state index contributed by atoms with van der Waals surface area (Å²) in [5.74, 6) is 0.877. The molecule has 0 aliphatic rings. The maximum absolute atomic E-state index is 5.39. The molecule has 0 aliphatic heterocycles. The lowest BCUT2D eigenvalue weighted by Crippen LogP contribution is -2.11. The van der Waals surface area contributed by atoms with Crippen LogP contribution in [0.2, 0.25) is 0 Å². The van der Waals surface area contributed by atoms with Gasteiger partial charge in [-0.25, -0.2) is 4.68 Å². The highest BCUT2D eigenvalue weighted by Gasteiger charge is 2.03. The number of nitrogens with two attached hydrogens (primary N) is 1. The van der Waals surface area contributed by atoms with Gasteiger partial charge in [-0.1, -0.05) is 0 Å². The van der Waals surface area contributed by atoms with Crippen molar-refractivity contribution in [3.05, 3.63) is 5.82 Å². The molecule has 0 atom stereocenters. The summed E-state index contributed by atoms with van der Waals surface area (Å²) >= 11 is 0.